The summed E-state index contributed by atoms with van der Waals surface area (Å²) in [5, 5.41) is 4.10. The quantitative estimate of drug-likeness (QED) is 0.550. The lowest BCUT2D eigenvalue weighted by molar-refractivity contribution is 0.233. The molecule has 0 radical (unpaired) electrons. The van der Waals surface area contributed by atoms with E-state index in [2.05, 4.69) is 32.2 Å². The first kappa shape index (κ1) is 18.3. The molecule has 0 fully saturated rings. The molecular formula is C18H30ClNO. The van der Waals surface area contributed by atoms with Crippen molar-refractivity contribution in [3.05, 3.63) is 28.8 Å². The van der Waals surface area contributed by atoms with Gasteiger partial charge >= 0.3 is 0 Å². The van der Waals surface area contributed by atoms with Crippen molar-refractivity contribution in [2.24, 2.45) is 5.92 Å². The zero-order valence-electron chi connectivity index (χ0n) is 13.8. The number of nitrogens with one attached hydrogen (secondary N) is 1. The van der Waals surface area contributed by atoms with Gasteiger partial charge in [0.1, 0.15) is 5.75 Å². The Bertz CT molecular complexity index is 395. The second kappa shape index (κ2) is 10.9. The first-order chi connectivity index (χ1) is 10.2. The van der Waals surface area contributed by atoms with Crippen LogP contribution in [0, 0.1) is 5.92 Å². The van der Waals surface area contributed by atoms with Gasteiger partial charge in [-0.25, -0.2) is 0 Å². The zero-order valence-corrected chi connectivity index (χ0v) is 14.5. The number of hydrogen-bond acceptors (Lipinski definition) is 2. The van der Waals surface area contributed by atoms with Crippen molar-refractivity contribution in [2.75, 3.05) is 13.2 Å². The van der Waals surface area contributed by atoms with Crippen LogP contribution in [0.3, 0.4) is 0 Å². The molecule has 2 nitrogen and oxygen atoms in total. The van der Waals surface area contributed by atoms with Crippen LogP contribution in [0.5, 0.6) is 5.75 Å². The van der Waals surface area contributed by atoms with Crippen molar-refractivity contribution < 1.29 is 4.74 Å². The van der Waals surface area contributed by atoms with Crippen molar-refractivity contribution in [3.63, 3.8) is 0 Å². The number of ether oxygens (including phenoxy) is 1. The summed E-state index contributed by atoms with van der Waals surface area (Å²) < 4.78 is 5.92. The van der Waals surface area contributed by atoms with Gasteiger partial charge in [0.2, 0.25) is 0 Å². The summed E-state index contributed by atoms with van der Waals surface area (Å²) in [5.41, 5.74) is 1.21. The van der Waals surface area contributed by atoms with E-state index < -0.39 is 0 Å². The molecule has 0 amide bonds. The van der Waals surface area contributed by atoms with Gasteiger partial charge in [-0.2, -0.15) is 0 Å². The predicted molar refractivity (Wildman–Crippen MR) is 92.3 cm³/mol. The van der Waals surface area contributed by atoms with Crippen LogP contribution in [0.2, 0.25) is 5.02 Å². The van der Waals surface area contributed by atoms with Crippen molar-refractivity contribution in [1.82, 2.24) is 5.32 Å². The molecule has 0 aliphatic carbocycles. The maximum absolute atomic E-state index is 6.32. The van der Waals surface area contributed by atoms with Crippen molar-refractivity contribution in [1.29, 1.82) is 0 Å². The summed E-state index contributed by atoms with van der Waals surface area (Å²) in [5.74, 6) is 1.44. The molecule has 1 unspecified atom stereocenters. The minimum atomic E-state index is 0.631. The topological polar surface area (TPSA) is 21.3 Å². The summed E-state index contributed by atoms with van der Waals surface area (Å²) >= 11 is 6.32. The van der Waals surface area contributed by atoms with Crippen LogP contribution < -0.4 is 10.1 Å². The molecule has 3 heteroatoms. The summed E-state index contributed by atoms with van der Waals surface area (Å²) in [6.45, 7) is 9.29. The summed E-state index contributed by atoms with van der Waals surface area (Å²) in [4.78, 5) is 0. The Balaban J connectivity index is 2.47. The maximum atomic E-state index is 6.32. The van der Waals surface area contributed by atoms with E-state index in [1.807, 2.05) is 12.1 Å². The molecule has 0 spiro atoms. The maximum Gasteiger partial charge on any atom is 0.137 e. The minimum Gasteiger partial charge on any atom is -0.492 e. The number of halogens is 1. The van der Waals surface area contributed by atoms with E-state index >= 15 is 0 Å². The van der Waals surface area contributed by atoms with E-state index in [-0.39, 0.29) is 0 Å². The Kier molecular flexibility index (Phi) is 9.53. The Hall–Kier alpha value is -0.730. The van der Waals surface area contributed by atoms with Crippen LogP contribution in [0.4, 0.5) is 0 Å². The molecule has 0 bridgehead atoms. The molecule has 1 aromatic carbocycles. The Morgan fingerprint density at radius 1 is 1.19 bits per heavy atom. The third-order valence-corrected chi connectivity index (χ3v) is 4.07. The fourth-order valence-corrected chi connectivity index (χ4v) is 2.54. The largest absolute Gasteiger partial charge is 0.492 e. The molecule has 0 aliphatic rings. The lowest BCUT2D eigenvalue weighted by atomic mass is 10.0. The minimum absolute atomic E-state index is 0.631. The summed E-state index contributed by atoms with van der Waals surface area (Å²) in [6.07, 6.45) is 6.07. The van der Waals surface area contributed by atoms with Crippen molar-refractivity contribution in [2.45, 2.75) is 59.4 Å². The molecule has 120 valence electrons. The van der Waals surface area contributed by atoms with E-state index in [9.17, 15) is 0 Å². The van der Waals surface area contributed by atoms with Gasteiger partial charge in [0.05, 0.1) is 11.6 Å². The molecule has 1 N–H and O–H groups in total. The van der Waals surface area contributed by atoms with Crippen LogP contribution >= 0.6 is 11.6 Å². The van der Waals surface area contributed by atoms with Crippen molar-refractivity contribution in [3.8, 4) is 5.75 Å². The highest BCUT2D eigenvalue weighted by atomic mass is 35.5. The normalized spacial score (nSPS) is 12.4. The molecule has 1 atom stereocenters. The number of benzene rings is 1. The molecule has 21 heavy (non-hydrogen) atoms. The monoisotopic (exact) mass is 311 g/mol. The van der Waals surface area contributed by atoms with Crippen LogP contribution in [0.25, 0.3) is 0 Å². The van der Waals surface area contributed by atoms with E-state index in [1.165, 1.54) is 24.8 Å². The van der Waals surface area contributed by atoms with Gasteiger partial charge in [-0.05, 0) is 43.0 Å². The second-order valence-electron chi connectivity index (χ2n) is 5.67. The highest BCUT2D eigenvalue weighted by Crippen LogP contribution is 2.26. The number of unbranched alkanes of at least 4 members (excludes halogenated alkanes) is 1. The van der Waals surface area contributed by atoms with Crippen LogP contribution in [-0.4, -0.2) is 13.2 Å². The van der Waals surface area contributed by atoms with Gasteiger partial charge in [-0.1, -0.05) is 57.7 Å². The Labute approximate surface area is 135 Å². The molecule has 0 heterocycles. The lowest BCUT2D eigenvalue weighted by Crippen LogP contribution is -2.14. The molecule has 0 aromatic heterocycles. The molecular weight excluding hydrogens is 282 g/mol. The van der Waals surface area contributed by atoms with E-state index in [4.69, 9.17) is 16.3 Å². The lowest BCUT2D eigenvalue weighted by Gasteiger charge is -2.16. The van der Waals surface area contributed by atoms with Crippen LogP contribution in [-0.2, 0) is 6.54 Å². The van der Waals surface area contributed by atoms with Gasteiger partial charge < -0.3 is 10.1 Å². The average Bonchev–Trinajstić information content (AvgIpc) is 2.49. The smallest absolute Gasteiger partial charge is 0.137 e. The van der Waals surface area contributed by atoms with Gasteiger partial charge in [0.15, 0.2) is 0 Å². The molecule has 0 aliphatic heterocycles. The fourth-order valence-electron chi connectivity index (χ4n) is 2.29. The Morgan fingerprint density at radius 3 is 2.62 bits per heavy atom. The van der Waals surface area contributed by atoms with E-state index in [0.717, 1.165) is 43.3 Å². The number of rotatable bonds is 11. The standard InChI is InChI=1S/C18H30ClNO/c1-4-7-8-15(6-3)14-21-18-10-9-16(12-17(18)19)13-20-11-5-2/h9-10,12,15,20H,4-8,11,13-14H2,1-3H3. The average molecular weight is 312 g/mol. The van der Waals surface area contributed by atoms with Crippen LogP contribution in [0.15, 0.2) is 18.2 Å². The molecule has 1 aromatic rings. The molecule has 0 saturated carbocycles. The van der Waals surface area contributed by atoms with E-state index in [1.54, 1.807) is 0 Å². The summed E-state index contributed by atoms with van der Waals surface area (Å²) in [6, 6.07) is 6.10. The SMILES string of the molecule is CCCCC(CC)COc1ccc(CNCCC)cc1Cl. The van der Waals surface area contributed by atoms with Gasteiger partial charge in [-0.15, -0.1) is 0 Å². The zero-order chi connectivity index (χ0) is 15.5. The third-order valence-electron chi connectivity index (χ3n) is 3.77. The first-order valence-corrected chi connectivity index (χ1v) is 8.70. The third kappa shape index (κ3) is 7.19. The number of hydrogen-bond donors (Lipinski definition) is 1. The highest BCUT2D eigenvalue weighted by Gasteiger charge is 2.09. The molecule has 0 saturated heterocycles. The van der Waals surface area contributed by atoms with Crippen molar-refractivity contribution >= 4 is 11.6 Å². The fraction of sp³-hybridized carbons (Fsp3) is 0.667. The highest BCUT2D eigenvalue weighted by molar-refractivity contribution is 6.32. The van der Waals surface area contributed by atoms with E-state index in [0.29, 0.717) is 5.92 Å². The Morgan fingerprint density at radius 2 is 2.00 bits per heavy atom. The summed E-state index contributed by atoms with van der Waals surface area (Å²) in [7, 11) is 0. The van der Waals surface area contributed by atoms with Crippen LogP contribution in [0.1, 0.15) is 58.4 Å². The van der Waals surface area contributed by atoms with Gasteiger partial charge in [-0.3, -0.25) is 0 Å². The van der Waals surface area contributed by atoms with Gasteiger partial charge in [0.25, 0.3) is 0 Å². The predicted octanol–water partition coefficient (Wildman–Crippen LogP) is 5.43. The van der Waals surface area contributed by atoms with Gasteiger partial charge in [0, 0.05) is 6.54 Å². The second-order valence-corrected chi connectivity index (χ2v) is 6.08. The first-order valence-electron chi connectivity index (χ1n) is 8.33. The molecule has 1 rings (SSSR count).